The van der Waals surface area contributed by atoms with Crippen LogP contribution in [-0.2, 0) is 11.3 Å². The number of piperidine rings is 1. The largest absolute Gasteiger partial charge is 0.494 e. The monoisotopic (exact) mass is 339 g/mol. The number of carbonyl (C=O) groups excluding carboxylic acids is 1. The highest BCUT2D eigenvalue weighted by atomic mass is 16.5. The minimum atomic E-state index is -0.316. The topological polar surface area (TPSA) is 47.6 Å². The normalized spacial score (nSPS) is 17.0. The molecule has 1 aliphatic heterocycles. The number of hydrogen-bond donors (Lipinski definition) is 1. The van der Waals surface area contributed by atoms with Crippen molar-refractivity contribution in [1.82, 2.24) is 5.32 Å². The molecule has 1 N–H and O–H groups in total. The molecule has 0 saturated carbocycles. The number of carbonyl (C=O) groups is 1. The van der Waals surface area contributed by atoms with Crippen molar-refractivity contribution in [2.24, 2.45) is 5.92 Å². The Morgan fingerprint density at radius 2 is 1.88 bits per heavy atom. The number of rotatable bonds is 7. The Morgan fingerprint density at radius 1 is 1.08 bits per heavy atom. The third kappa shape index (κ3) is 5.61. The van der Waals surface area contributed by atoms with Gasteiger partial charge in [-0.25, -0.2) is 4.79 Å². The second-order valence-electron chi connectivity index (χ2n) is 6.44. The maximum atomic E-state index is 12.1. The maximum absolute atomic E-state index is 12.1. The van der Waals surface area contributed by atoms with E-state index in [2.05, 4.69) is 5.32 Å². The predicted molar refractivity (Wildman–Crippen MR) is 97.7 cm³/mol. The molecule has 0 aliphatic carbocycles. The highest BCUT2D eigenvalue weighted by molar-refractivity contribution is 5.89. The average Bonchev–Trinajstić information content (AvgIpc) is 2.68. The molecular weight excluding hydrogens is 314 g/mol. The van der Waals surface area contributed by atoms with Gasteiger partial charge in [-0.15, -0.1) is 0 Å². The van der Waals surface area contributed by atoms with Crippen LogP contribution in [0.5, 0.6) is 5.75 Å². The summed E-state index contributed by atoms with van der Waals surface area (Å²) in [5, 5.41) is 3.42. The van der Waals surface area contributed by atoms with Crippen molar-refractivity contribution < 1.29 is 14.3 Å². The average molecular weight is 339 g/mol. The summed E-state index contributed by atoms with van der Waals surface area (Å²) in [5.74, 6) is 1.19. The maximum Gasteiger partial charge on any atom is 0.338 e. The summed E-state index contributed by atoms with van der Waals surface area (Å²) in [6.07, 6.45) is 3.60. The number of nitrogens with one attached hydrogen (secondary N) is 1. The Kier molecular flexibility index (Phi) is 6.46. The predicted octanol–water partition coefficient (Wildman–Crippen LogP) is 3.81. The van der Waals surface area contributed by atoms with Crippen LogP contribution < -0.4 is 10.1 Å². The number of benzene rings is 2. The van der Waals surface area contributed by atoms with E-state index in [9.17, 15) is 4.79 Å². The van der Waals surface area contributed by atoms with Gasteiger partial charge in [0.2, 0.25) is 0 Å². The van der Waals surface area contributed by atoms with E-state index >= 15 is 0 Å². The van der Waals surface area contributed by atoms with Crippen LogP contribution in [0.1, 0.15) is 35.2 Å². The number of hydrogen-bond acceptors (Lipinski definition) is 4. The van der Waals surface area contributed by atoms with Crippen LogP contribution in [0.4, 0.5) is 0 Å². The van der Waals surface area contributed by atoms with E-state index in [0.717, 1.165) is 30.8 Å². The van der Waals surface area contributed by atoms with Crippen LogP contribution in [0, 0.1) is 5.92 Å². The minimum absolute atomic E-state index is 0.285. The number of ether oxygens (including phenoxy) is 2. The van der Waals surface area contributed by atoms with Crippen molar-refractivity contribution in [2.45, 2.75) is 25.9 Å². The lowest BCUT2D eigenvalue weighted by molar-refractivity contribution is 0.0472. The van der Waals surface area contributed by atoms with Crippen molar-refractivity contribution >= 4 is 5.97 Å². The first-order chi connectivity index (χ1) is 12.3. The Labute approximate surface area is 149 Å². The van der Waals surface area contributed by atoms with Gasteiger partial charge >= 0.3 is 5.97 Å². The van der Waals surface area contributed by atoms with Crippen LogP contribution in [0.25, 0.3) is 0 Å². The molecule has 2 aromatic rings. The molecule has 0 radical (unpaired) electrons. The van der Waals surface area contributed by atoms with Crippen molar-refractivity contribution in [3.63, 3.8) is 0 Å². The Balaban J connectivity index is 1.42. The zero-order valence-electron chi connectivity index (χ0n) is 14.4. The molecule has 0 spiro atoms. The van der Waals surface area contributed by atoms with E-state index in [1.807, 2.05) is 42.5 Å². The molecule has 132 valence electrons. The fourth-order valence-electron chi connectivity index (χ4n) is 3.01. The highest BCUT2D eigenvalue weighted by Gasteiger charge is 2.13. The summed E-state index contributed by atoms with van der Waals surface area (Å²) >= 11 is 0. The summed E-state index contributed by atoms with van der Waals surface area (Å²) in [4.78, 5) is 12.1. The second-order valence-corrected chi connectivity index (χ2v) is 6.44. The molecule has 1 fully saturated rings. The van der Waals surface area contributed by atoms with E-state index in [0.29, 0.717) is 18.1 Å². The lowest BCUT2D eigenvalue weighted by atomic mass is 9.97. The third-order valence-corrected chi connectivity index (χ3v) is 4.50. The second kappa shape index (κ2) is 9.23. The molecule has 1 saturated heterocycles. The molecule has 4 heteroatoms. The fraction of sp³-hybridized carbons (Fsp3) is 0.381. The van der Waals surface area contributed by atoms with E-state index in [4.69, 9.17) is 9.47 Å². The van der Waals surface area contributed by atoms with Gasteiger partial charge in [0.15, 0.2) is 0 Å². The SMILES string of the molecule is O=C(OCc1ccccc1)c1ccc(OCC[C@H]2CCCNC2)cc1. The van der Waals surface area contributed by atoms with Gasteiger partial charge in [-0.05, 0) is 68.1 Å². The van der Waals surface area contributed by atoms with E-state index in [1.54, 1.807) is 12.1 Å². The molecule has 25 heavy (non-hydrogen) atoms. The van der Waals surface area contributed by atoms with E-state index < -0.39 is 0 Å². The molecule has 0 aromatic heterocycles. The molecule has 0 amide bonds. The van der Waals surface area contributed by atoms with Crippen molar-refractivity contribution in [3.8, 4) is 5.75 Å². The van der Waals surface area contributed by atoms with Gasteiger partial charge in [0.1, 0.15) is 12.4 Å². The van der Waals surface area contributed by atoms with Crippen molar-refractivity contribution in [3.05, 3.63) is 65.7 Å². The number of esters is 1. The summed E-state index contributed by atoms with van der Waals surface area (Å²) in [6.45, 7) is 3.23. The Morgan fingerprint density at radius 3 is 2.60 bits per heavy atom. The Hall–Kier alpha value is -2.33. The van der Waals surface area contributed by atoms with Crippen molar-refractivity contribution in [2.75, 3.05) is 19.7 Å². The smallest absolute Gasteiger partial charge is 0.338 e. The van der Waals surface area contributed by atoms with Gasteiger partial charge in [0.05, 0.1) is 12.2 Å². The molecule has 3 rings (SSSR count). The van der Waals surface area contributed by atoms with Gasteiger partial charge in [-0.2, -0.15) is 0 Å². The summed E-state index contributed by atoms with van der Waals surface area (Å²) in [6, 6.07) is 16.8. The molecule has 1 aliphatic rings. The van der Waals surface area contributed by atoms with Gasteiger partial charge in [0, 0.05) is 0 Å². The van der Waals surface area contributed by atoms with Crippen LogP contribution in [0.15, 0.2) is 54.6 Å². The lowest BCUT2D eigenvalue weighted by Crippen LogP contribution is -2.30. The first kappa shape index (κ1) is 17.5. The summed E-state index contributed by atoms with van der Waals surface area (Å²) in [7, 11) is 0. The quantitative estimate of drug-likeness (QED) is 0.779. The van der Waals surface area contributed by atoms with E-state index in [-0.39, 0.29) is 12.6 Å². The van der Waals surface area contributed by atoms with Gasteiger partial charge < -0.3 is 14.8 Å². The zero-order valence-corrected chi connectivity index (χ0v) is 14.4. The summed E-state index contributed by atoms with van der Waals surface area (Å²) < 4.78 is 11.1. The standard InChI is InChI=1S/C21H25NO3/c23-21(25-16-18-5-2-1-3-6-18)19-8-10-20(11-9-19)24-14-12-17-7-4-13-22-15-17/h1-3,5-6,8-11,17,22H,4,7,12-16H2/t17-/m1/s1. The molecular formula is C21H25NO3. The summed E-state index contributed by atoms with van der Waals surface area (Å²) in [5.41, 5.74) is 1.52. The zero-order chi connectivity index (χ0) is 17.3. The minimum Gasteiger partial charge on any atom is -0.494 e. The lowest BCUT2D eigenvalue weighted by Gasteiger charge is -2.22. The van der Waals surface area contributed by atoms with Gasteiger partial charge in [-0.1, -0.05) is 30.3 Å². The Bertz CT molecular complexity index is 649. The molecule has 4 nitrogen and oxygen atoms in total. The molecule has 2 aromatic carbocycles. The van der Waals surface area contributed by atoms with Crippen LogP contribution in [0.3, 0.4) is 0 Å². The van der Waals surface area contributed by atoms with E-state index in [1.165, 1.54) is 12.8 Å². The van der Waals surface area contributed by atoms with Crippen LogP contribution in [-0.4, -0.2) is 25.7 Å². The van der Waals surface area contributed by atoms with Gasteiger partial charge in [-0.3, -0.25) is 0 Å². The molecule has 1 heterocycles. The molecule has 0 unspecified atom stereocenters. The first-order valence-electron chi connectivity index (χ1n) is 8.96. The van der Waals surface area contributed by atoms with Crippen LogP contribution in [0.2, 0.25) is 0 Å². The fourth-order valence-corrected chi connectivity index (χ4v) is 3.01. The van der Waals surface area contributed by atoms with Gasteiger partial charge in [0.25, 0.3) is 0 Å². The van der Waals surface area contributed by atoms with Crippen molar-refractivity contribution in [1.29, 1.82) is 0 Å². The molecule has 0 bridgehead atoms. The third-order valence-electron chi connectivity index (χ3n) is 4.50. The first-order valence-corrected chi connectivity index (χ1v) is 8.96. The molecule has 1 atom stereocenters. The highest BCUT2D eigenvalue weighted by Crippen LogP contribution is 2.17. The van der Waals surface area contributed by atoms with Crippen LogP contribution >= 0.6 is 0 Å².